The first-order valence-corrected chi connectivity index (χ1v) is 11.4. The predicted molar refractivity (Wildman–Crippen MR) is 110 cm³/mol. The van der Waals surface area contributed by atoms with Crippen molar-refractivity contribution in [3.8, 4) is 0 Å². The summed E-state index contributed by atoms with van der Waals surface area (Å²) < 4.78 is 37.6. The van der Waals surface area contributed by atoms with Crippen LogP contribution in [0.5, 0.6) is 0 Å². The quantitative estimate of drug-likeness (QED) is 0.521. The number of hydrogen-bond acceptors (Lipinski definition) is 7. The van der Waals surface area contributed by atoms with Crippen molar-refractivity contribution in [1.82, 2.24) is 19.3 Å². The molecule has 0 N–H and O–H groups in total. The van der Waals surface area contributed by atoms with Gasteiger partial charge in [-0.25, -0.2) is 18.2 Å². The summed E-state index contributed by atoms with van der Waals surface area (Å²) in [5.74, 6) is 0.734. The maximum absolute atomic E-state index is 12.8. The Balaban J connectivity index is 0.00000256. The molecule has 0 spiro atoms. The number of benzene rings is 1. The SMILES string of the molecule is CC(C)(C)OC(=O)n1ncc2cc([N-]S(=O)(=O)c3c(Cl)nc4n3CCS4)ccc21.[Na+]. The molecule has 3 aromatic rings. The zero-order valence-corrected chi connectivity index (χ0v) is 21.2. The van der Waals surface area contributed by atoms with Gasteiger partial charge < -0.3 is 14.0 Å². The predicted octanol–water partition coefficient (Wildman–Crippen LogP) is 1.17. The van der Waals surface area contributed by atoms with Gasteiger partial charge >= 0.3 is 35.7 Å². The smallest absolute Gasteiger partial charge is 0.571 e. The maximum atomic E-state index is 12.8. The second kappa shape index (κ2) is 8.36. The number of halogens is 1. The van der Waals surface area contributed by atoms with E-state index in [9.17, 15) is 13.2 Å². The summed E-state index contributed by atoms with van der Waals surface area (Å²) in [7, 11) is -4.07. The summed E-state index contributed by atoms with van der Waals surface area (Å²) in [6.07, 6.45) is 0.828. The molecule has 0 radical (unpaired) electrons. The van der Waals surface area contributed by atoms with Crippen LogP contribution in [0.2, 0.25) is 5.15 Å². The molecule has 0 unspecified atom stereocenters. The Morgan fingerprint density at radius 2 is 2.07 bits per heavy atom. The van der Waals surface area contributed by atoms with Crippen LogP contribution < -0.4 is 29.6 Å². The van der Waals surface area contributed by atoms with Gasteiger partial charge in [-0.1, -0.05) is 35.5 Å². The van der Waals surface area contributed by atoms with Gasteiger partial charge in [0, 0.05) is 17.7 Å². The van der Waals surface area contributed by atoms with Crippen molar-refractivity contribution in [2.24, 2.45) is 0 Å². The summed E-state index contributed by atoms with van der Waals surface area (Å²) in [6.45, 7) is 5.78. The Morgan fingerprint density at radius 1 is 1.33 bits per heavy atom. The zero-order valence-electron chi connectivity index (χ0n) is 16.8. The number of fused-ring (bicyclic) bond motifs is 2. The number of thioether (sulfide) groups is 1. The van der Waals surface area contributed by atoms with Crippen LogP contribution in [0.4, 0.5) is 10.5 Å². The molecule has 9 nitrogen and oxygen atoms in total. The van der Waals surface area contributed by atoms with Gasteiger partial charge in [0.05, 0.1) is 11.7 Å². The molecule has 0 aliphatic carbocycles. The van der Waals surface area contributed by atoms with Gasteiger partial charge in [-0.3, -0.25) is 0 Å². The van der Waals surface area contributed by atoms with Crippen molar-refractivity contribution in [1.29, 1.82) is 0 Å². The van der Waals surface area contributed by atoms with Crippen LogP contribution in [0.25, 0.3) is 15.6 Å². The third-order valence-corrected chi connectivity index (χ3v) is 6.67. The Kier molecular flexibility index (Phi) is 6.53. The van der Waals surface area contributed by atoms with Gasteiger partial charge in [-0.2, -0.15) is 9.78 Å². The standard InChI is InChI=1S/C17H17ClN5O4S2.Na/c1-17(2,3)27-16(24)23-12-5-4-11(8-10(12)9-19-23)21-29(25,26)14-13(18)20-15-22(14)6-7-28-15;/h4-5,8-9H,6-7H2,1-3H3;/q-1;+1. The van der Waals surface area contributed by atoms with E-state index in [4.69, 9.17) is 16.3 Å². The number of rotatable bonds is 3. The average Bonchev–Trinajstić information content (AvgIpc) is 3.25. The van der Waals surface area contributed by atoms with Crippen LogP contribution in [0, 0.1) is 0 Å². The van der Waals surface area contributed by atoms with Crippen molar-refractivity contribution < 1.29 is 47.5 Å². The van der Waals surface area contributed by atoms with E-state index in [-0.39, 0.29) is 45.4 Å². The second-order valence-corrected chi connectivity index (χ2v) is 10.3. The molecule has 1 aliphatic heterocycles. The Morgan fingerprint density at radius 3 is 2.77 bits per heavy atom. The molecule has 2 aromatic heterocycles. The van der Waals surface area contributed by atoms with Crippen molar-refractivity contribution in [3.63, 3.8) is 0 Å². The summed E-state index contributed by atoms with van der Waals surface area (Å²) in [5.41, 5.74) is 0.00988. The Bertz CT molecular complexity index is 1230. The minimum atomic E-state index is -4.07. The van der Waals surface area contributed by atoms with E-state index in [2.05, 4.69) is 14.8 Å². The fourth-order valence-corrected chi connectivity index (χ4v) is 5.61. The molecule has 0 fully saturated rings. The largest absolute Gasteiger partial charge is 1.00 e. The fraction of sp³-hybridized carbons (Fsp3) is 0.353. The number of carbonyl (C=O) groups is 1. The van der Waals surface area contributed by atoms with Gasteiger partial charge in [0.15, 0.2) is 15.3 Å². The summed E-state index contributed by atoms with van der Waals surface area (Å²) in [5, 5.41) is 4.96. The number of nitrogens with zero attached hydrogens (tertiary/aromatic N) is 5. The van der Waals surface area contributed by atoms with E-state index in [1.807, 2.05) is 0 Å². The first-order chi connectivity index (χ1) is 13.5. The molecule has 30 heavy (non-hydrogen) atoms. The van der Waals surface area contributed by atoms with E-state index >= 15 is 0 Å². The molecular formula is C17H17ClN5NaO4S2. The van der Waals surface area contributed by atoms with Gasteiger partial charge in [-0.15, -0.1) is 5.69 Å². The second-order valence-electron chi connectivity index (χ2n) is 7.34. The minimum absolute atomic E-state index is 0. The maximum Gasteiger partial charge on any atom is 1.00 e. The van der Waals surface area contributed by atoms with Crippen LogP contribution in [0.1, 0.15) is 20.8 Å². The van der Waals surface area contributed by atoms with Crippen LogP contribution in [-0.4, -0.2) is 45.2 Å². The van der Waals surface area contributed by atoms with E-state index in [0.717, 1.165) is 10.4 Å². The first-order valence-electron chi connectivity index (χ1n) is 8.63. The summed E-state index contributed by atoms with van der Waals surface area (Å²) in [4.78, 5) is 16.4. The minimum Gasteiger partial charge on any atom is -0.571 e. The van der Waals surface area contributed by atoms with E-state index in [1.54, 1.807) is 31.4 Å². The van der Waals surface area contributed by atoms with E-state index in [1.165, 1.54) is 30.1 Å². The molecule has 0 amide bonds. The number of hydrogen-bond donors (Lipinski definition) is 0. The zero-order chi connectivity index (χ0) is 21.0. The molecule has 1 aromatic carbocycles. The Hall–Kier alpha value is -1.24. The topological polar surface area (TPSA) is 110 Å². The van der Waals surface area contributed by atoms with Gasteiger partial charge in [0.2, 0.25) is 0 Å². The third kappa shape index (κ3) is 4.51. The van der Waals surface area contributed by atoms with Crippen LogP contribution in [-0.2, 0) is 21.3 Å². The van der Waals surface area contributed by atoms with Crippen molar-refractivity contribution in [2.75, 3.05) is 5.75 Å². The number of ether oxygens (including phenoxy) is 1. The molecule has 13 heteroatoms. The molecular weight excluding hydrogens is 461 g/mol. The number of carbonyl (C=O) groups excluding carboxylic acids is 1. The third-order valence-electron chi connectivity index (χ3n) is 3.98. The van der Waals surface area contributed by atoms with Crippen molar-refractivity contribution in [3.05, 3.63) is 34.3 Å². The number of sulfonamides is 1. The van der Waals surface area contributed by atoms with Crippen LogP contribution in [0.3, 0.4) is 0 Å². The molecule has 0 saturated carbocycles. The fourth-order valence-electron chi connectivity index (χ4n) is 2.88. The van der Waals surface area contributed by atoms with Gasteiger partial charge in [0.1, 0.15) is 15.6 Å². The molecule has 0 atom stereocenters. The molecule has 154 valence electrons. The normalized spacial score (nSPS) is 13.7. The van der Waals surface area contributed by atoms with E-state index < -0.39 is 21.7 Å². The van der Waals surface area contributed by atoms with Crippen LogP contribution >= 0.6 is 23.4 Å². The van der Waals surface area contributed by atoms with E-state index in [0.29, 0.717) is 22.6 Å². The summed E-state index contributed by atoms with van der Waals surface area (Å²) in [6, 6.07) is 4.59. The molecule has 4 rings (SSSR count). The molecule has 0 saturated heterocycles. The first kappa shape index (κ1) is 23.4. The molecule has 1 aliphatic rings. The van der Waals surface area contributed by atoms with Crippen LogP contribution in [0.15, 0.2) is 34.6 Å². The molecule has 0 bridgehead atoms. The Labute approximate surface area is 204 Å². The summed E-state index contributed by atoms with van der Waals surface area (Å²) >= 11 is 7.49. The monoisotopic (exact) mass is 477 g/mol. The number of imidazole rings is 1. The van der Waals surface area contributed by atoms with Gasteiger partial charge in [0.25, 0.3) is 0 Å². The van der Waals surface area contributed by atoms with Crippen molar-refractivity contribution >= 4 is 56.1 Å². The van der Waals surface area contributed by atoms with Gasteiger partial charge in [-0.05, 0) is 26.8 Å². The van der Waals surface area contributed by atoms with Crippen molar-refractivity contribution in [2.45, 2.75) is 43.1 Å². The molecule has 3 heterocycles. The number of aromatic nitrogens is 4. The average molecular weight is 478 g/mol.